The van der Waals surface area contributed by atoms with Gasteiger partial charge in [-0.25, -0.2) is 0 Å². The molecule has 2 nitrogen and oxygen atoms in total. The van der Waals surface area contributed by atoms with Crippen molar-refractivity contribution in [3.8, 4) is 0 Å². The lowest BCUT2D eigenvalue weighted by Crippen LogP contribution is -2.51. The summed E-state index contributed by atoms with van der Waals surface area (Å²) in [5, 5.41) is 3.60. The van der Waals surface area contributed by atoms with Crippen molar-refractivity contribution in [3.63, 3.8) is 0 Å². The monoisotopic (exact) mass is 238 g/mol. The molecule has 2 unspecified atom stereocenters. The molecule has 1 aliphatic carbocycles. The van der Waals surface area contributed by atoms with Gasteiger partial charge in [0, 0.05) is 12.6 Å². The quantitative estimate of drug-likeness (QED) is 0.654. The first-order valence-electron chi connectivity index (χ1n) is 7.13. The van der Waals surface area contributed by atoms with Gasteiger partial charge in [-0.15, -0.1) is 0 Å². The van der Waals surface area contributed by atoms with Gasteiger partial charge in [0.05, 0.1) is 0 Å². The number of likely N-dealkylation sites (N-methyl/N-ethyl adjacent to an activating group) is 1. The van der Waals surface area contributed by atoms with Crippen molar-refractivity contribution in [2.45, 2.75) is 46.6 Å². The van der Waals surface area contributed by atoms with Crippen LogP contribution in [0.4, 0.5) is 0 Å². The molecule has 0 aromatic carbocycles. The average Bonchev–Trinajstić information content (AvgIpc) is 2.20. The maximum Gasteiger partial charge on any atom is 0.0190 e. The molecule has 100 valence electrons. The lowest BCUT2D eigenvalue weighted by molar-refractivity contribution is 0.0735. The third kappa shape index (κ3) is 4.81. The molecule has 0 radical (unpaired) electrons. The lowest BCUT2D eigenvalue weighted by atomic mass is 9.78. The fourth-order valence-electron chi connectivity index (χ4n) is 2.64. The zero-order valence-corrected chi connectivity index (χ0v) is 12.1. The fourth-order valence-corrected chi connectivity index (χ4v) is 2.64. The maximum absolute atomic E-state index is 4.04. The summed E-state index contributed by atoms with van der Waals surface area (Å²) in [5.74, 6) is 1.61. The van der Waals surface area contributed by atoms with Crippen LogP contribution in [0.2, 0.25) is 0 Å². The first kappa shape index (κ1) is 14.7. The zero-order valence-electron chi connectivity index (χ0n) is 12.1. The molecule has 1 saturated carbocycles. The van der Waals surface area contributed by atoms with Crippen molar-refractivity contribution < 1.29 is 0 Å². The molecular formula is C15H30N2. The SMILES string of the molecule is C=C(C)CN(CC)C1CCC1CNCC(C)C. The van der Waals surface area contributed by atoms with Crippen LogP contribution >= 0.6 is 0 Å². The molecule has 0 aromatic rings. The van der Waals surface area contributed by atoms with Crippen molar-refractivity contribution in [2.75, 3.05) is 26.2 Å². The molecule has 0 bridgehead atoms. The van der Waals surface area contributed by atoms with Gasteiger partial charge in [0.2, 0.25) is 0 Å². The number of hydrogen-bond donors (Lipinski definition) is 1. The van der Waals surface area contributed by atoms with E-state index < -0.39 is 0 Å². The third-order valence-electron chi connectivity index (χ3n) is 3.68. The summed E-state index contributed by atoms with van der Waals surface area (Å²) in [5.41, 5.74) is 1.28. The second-order valence-electron chi connectivity index (χ2n) is 5.98. The van der Waals surface area contributed by atoms with E-state index in [4.69, 9.17) is 0 Å². The fraction of sp³-hybridized carbons (Fsp3) is 0.867. The Morgan fingerprint density at radius 2 is 2.12 bits per heavy atom. The van der Waals surface area contributed by atoms with E-state index >= 15 is 0 Å². The summed E-state index contributed by atoms with van der Waals surface area (Å²) in [6.45, 7) is 17.5. The highest BCUT2D eigenvalue weighted by molar-refractivity contribution is 4.97. The predicted octanol–water partition coefficient (Wildman–Crippen LogP) is 2.91. The van der Waals surface area contributed by atoms with E-state index in [1.165, 1.54) is 25.0 Å². The highest BCUT2D eigenvalue weighted by Gasteiger charge is 2.34. The second kappa shape index (κ2) is 7.17. The largest absolute Gasteiger partial charge is 0.316 e. The summed E-state index contributed by atoms with van der Waals surface area (Å²) in [6.07, 6.45) is 2.76. The second-order valence-corrected chi connectivity index (χ2v) is 5.98. The van der Waals surface area contributed by atoms with Crippen LogP contribution in [0, 0.1) is 11.8 Å². The van der Waals surface area contributed by atoms with E-state index in [0.29, 0.717) is 0 Å². The molecule has 2 atom stereocenters. The van der Waals surface area contributed by atoms with E-state index in [1.807, 2.05) is 0 Å². The maximum atomic E-state index is 4.04. The Balaban J connectivity index is 2.30. The Morgan fingerprint density at radius 3 is 2.53 bits per heavy atom. The van der Waals surface area contributed by atoms with Gasteiger partial charge in [0.25, 0.3) is 0 Å². The van der Waals surface area contributed by atoms with Crippen LogP contribution in [-0.2, 0) is 0 Å². The Bertz CT molecular complexity index is 235. The molecule has 1 aliphatic rings. The van der Waals surface area contributed by atoms with Crippen molar-refractivity contribution in [1.29, 1.82) is 0 Å². The van der Waals surface area contributed by atoms with E-state index in [-0.39, 0.29) is 0 Å². The Morgan fingerprint density at radius 1 is 1.41 bits per heavy atom. The van der Waals surface area contributed by atoms with Gasteiger partial charge in [0.15, 0.2) is 0 Å². The molecule has 0 heterocycles. The van der Waals surface area contributed by atoms with Gasteiger partial charge < -0.3 is 5.32 Å². The Hall–Kier alpha value is -0.340. The highest BCUT2D eigenvalue weighted by atomic mass is 15.2. The molecule has 17 heavy (non-hydrogen) atoms. The highest BCUT2D eigenvalue weighted by Crippen LogP contribution is 2.31. The molecule has 0 saturated heterocycles. The van der Waals surface area contributed by atoms with Crippen LogP contribution in [0.15, 0.2) is 12.2 Å². The Labute approximate surface area is 107 Å². The van der Waals surface area contributed by atoms with Crippen LogP contribution in [0.3, 0.4) is 0 Å². The molecule has 0 spiro atoms. The molecule has 0 aromatic heterocycles. The van der Waals surface area contributed by atoms with Crippen LogP contribution in [0.5, 0.6) is 0 Å². The number of nitrogens with zero attached hydrogens (tertiary/aromatic N) is 1. The first-order valence-corrected chi connectivity index (χ1v) is 7.13. The van der Waals surface area contributed by atoms with Crippen LogP contribution in [0.25, 0.3) is 0 Å². The normalized spacial score (nSPS) is 24.1. The van der Waals surface area contributed by atoms with Gasteiger partial charge in [-0.05, 0) is 51.2 Å². The number of hydrogen-bond acceptors (Lipinski definition) is 2. The predicted molar refractivity (Wildman–Crippen MR) is 76.3 cm³/mol. The number of nitrogens with one attached hydrogen (secondary N) is 1. The molecule has 0 aliphatic heterocycles. The van der Waals surface area contributed by atoms with Crippen molar-refractivity contribution in [1.82, 2.24) is 10.2 Å². The Kier molecular flexibility index (Phi) is 6.21. The summed E-state index contributed by atoms with van der Waals surface area (Å²) < 4.78 is 0. The smallest absolute Gasteiger partial charge is 0.0190 e. The molecule has 1 N–H and O–H groups in total. The van der Waals surface area contributed by atoms with Crippen LogP contribution in [-0.4, -0.2) is 37.1 Å². The summed E-state index contributed by atoms with van der Waals surface area (Å²) in [7, 11) is 0. The van der Waals surface area contributed by atoms with Crippen LogP contribution in [0.1, 0.15) is 40.5 Å². The minimum atomic E-state index is 0.756. The average molecular weight is 238 g/mol. The van der Waals surface area contributed by atoms with E-state index in [2.05, 4.69) is 44.5 Å². The van der Waals surface area contributed by atoms with E-state index in [0.717, 1.165) is 37.5 Å². The molecular weight excluding hydrogens is 208 g/mol. The molecule has 1 rings (SSSR count). The minimum Gasteiger partial charge on any atom is -0.316 e. The standard InChI is InChI=1S/C15H30N2/c1-6-17(11-13(4)5)15-8-7-14(15)10-16-9-12(2)3/h12,14-16H,4,6-11H2,1-3,5H3. The van der Waals surface area contributed by atoms with Crippen LogP contribution < -0.4 is 5.32 Å². The van der Waals surface area contributed by atoms with Gasteiger partial charge >= 0.3 is 0 Å². The van der Waals surface area contributed by atoms with E-state index in [1.54, 1.807) is 0 Å². The topological polar surface area (TPSA) is 15.3 Å². The molecule has 2 heteroatoms. The molecule has 0 amide bonds. The first-order chi connectivity index (χ1) is 8.04. The summed E-state index contributed by atoms with van der Waals surface area (Å²) >= 11 is 0. The zero-order chi connectivity index (χ0) is 12.8. The van der Waals surface area contributed by atoms with E-state index in [9.17, 15) is 0 Å². The molecule has 1 fully saturated rings. The van der Waals surface area contributed by atoms with Crippen molar-refractivity contribution in [3.05, 3.63) is 12.2 Å². The van der Waals surface area contributed by atoms with Gasteiger partial charge in [0.1, 0.15) is 0 Å². The summed E-state index contributed by atoms with van der Waals surface area (Å²) in [6, 6.07) is 0.788. The number of rotatable bonds is 8. The minimum absolute atomic E-state index is 0.756. The third-order valence-corrected chi connectivity index (χ3v) is 3.68. The lowest BCUT2D eigenvalue weighted by Gasteiger charge is -2.44. The van der Waals surface area contributed by atoms with Gasteiger partial charge in [-0.3, -0.25) is 4.90 Å². The van der Waals surface area contributed by atoms with Crippen molar-refractivity contribution in [2.24, 2.45) is 11.8 Å². The van der Waals surface area contributed by atoms with Gasteiger partial charge in [-0.1, -0.05) is 32.9 Å². The van der Waals surface area contributed by atoms with Crippen molar-refractivity contribution >= 4 is 0 Å². The van der Waals surface area contributed by atoms with Gasteiger partial charge in [-0.2, -0.15) is 0 Å². The summed E-state index contributed by atoms with van der Waals surface area (Å²) in [4.78, 5) is 2.59.